The summed E-state index contributed by atoms with van der Waals surface area (Å²) in [7, 11) is -4.00. The molecule has 3 aromatic rings. The summed E-state index contributed by atoms with van der Waals surface area (Å²) < 4.78 is 58.6. The molecule has 0 fully saturated rings. The third kappa shape index (κ3) is 3.11. The van der Waals surface area contributed by atoms with E-state index in [9.17, 15) is 17.2 Å². The first kappa shape index (κ1) is 15.6. The van der Waals surface area contributed by atoms with E-state index in [1.165, 1.54) is 0 Å². The van der Waals surface area contributed by atoms with Crippen molar-refractivity contribution in [1.82, 2.24) is 4.72 Å². The summed E-state index contributed by atoms with van der Waals surface area (Å²) in [6.45, 7) is 1.61. The van der Waals surface area contributed by atoms with E-state index in [4.69, 9.17) is 4.42 Å². The van der Waals surface area contributed by atoms with Gasteiger partial charge in [-0.25, -0.2) is 21.9 Å². The van der Waals surface area contributed by atoms with Crippen molar-refractivity contribution >= 4 is 21.0 Å². The zero-order valence-electron chi connectivity index (χ0n) is 12.1. The van der Waals surface area contributed by atoms with Crippen molar-refractivity contribution in [3.05, 3.63) is 65.9 Å². The number of hydrogen-bond donors (Lipinski definition) is 1. The van der Waals surface area contributed by atoms with E-state index in [1.807, 2.05) is 18.2 Å². The minimum atomic E-state index is -4.00. The zero-order chi connectivity index (χ0) is 16.6. The molecule has 0 spiro atoms. The number of hydrogen-bond acceptors (Lipinski definition) is 3. The molecule has 4 nitrogen and oxygen atoms in total. The molecule has 0 unspecified atom stereocenters. The van der Waals surface area contributed by atoms with Crippen LogP contribution >= 0.6 is 0 Å². The van der Waals surface area contributed by atoms with E-state index >= 15 is 0 Å². The highest BCUT2D eigenvalue weighted by Gasteiger charge is 2.22. The second-order valence-electron chi connectivity index (χ2n) is 5.11. The Morgan fingerprint density at radius 1 is 1.04 bits per heavy atom. The number of fused-ring (bicyclic) bond motifs is 1. The van der Waals surface area contributed by atoms with Crippen LogP contribution < -0.4 is 4.72 Å². The van der Waals surface area contributed by atoms with Crippen molar-refractivity contribution in [3.63, 3.8) is 0 Å². The number of halogens is 2. The number of nitrogens with one attached hydrogen (secondary N) is 1. The summed E-state index contributed by atoms with van der Waals surface area (Å²) in [4.78, 5) is -0.348. The average Bonchev–Trinajstić information content (AvgIpc) is 2.93. The zero-order valence-corrected chi connectivity index (χ0v) is 12.9. The average molecular weight is 337 g/mol. The molecule has 3 rings (SSSR count). The van der Waals surface area contributed by atoms with Crippen LogP contribution in [0.15, 0.2) is 57.8 Å². The molecular formula is C16H13F2NO3S. The van der Waals surface area contributed by atoms with Gasteiger partial charge >= 0.3 is 0 Å². The Morgan fingerprint density at radius 3 is 2.48 bits per heavy atom. The summed E-state index contributed by atoms with van der Waals surface area (Å²) in [5.41, 5.74) is 0.640. The van der Waals surface area contributed by atoms with Gasteiger partial charge in [0.05, 0.1) is 10.9 Å². The SMILES string of the molecule is C[C@H](NS(=O)(=O)c1ccc(F)c(F)c1)c1cc2ccccc2o1. The lowest BCUT2D eigenvalue weighted by molar-refractivity contribution is 0.483. The first-order chi connectivity index (χ1) is 10.9. The second kappa shape index (κ2) is 5.75. The van der Waals surface area contributed by atoms with Gasteiger partial charge in [-0.2, -0.15) is 0 Å². The van der Waals surface area contributed by atoms with Gasteiger partial charge < -0.3 is 4.42 Å². The van der Waals surface area contributed by atoms with Gasteiger partial charge in [0.25, 0.3) is 0 Å². The molecule has 23 heavy (non-hydrogen) atoms. The Bertz CT molecular complexity index is 933. The maximum absolute atomic E-state index is 13.2. The van der Waals surface area contributed by atoms with Crippen LogP contribution in [0.4, 0.5) is 8.78 Å². The lowest BCUT2D eigenvalue weighted by Gasteiger charge is -2.12. The van der Waals surface area contributed by atoms with Crippen LogP contribution in [0.1, 0.15) is 18.7 Å². The summed E-state index contributed by atoms with van der Waals surface area (Å²) >= 11 is 0. The first-order valence-electron chi connectivity index (χ1n) is 6.83. The van der Waals surface area contributed by atoms with Gasteiger partial charge in [-0.15, -0.1) is 0 Å². The van der Waals surface area contributed by atoms with Crippen molar-refractivity contribution in [2.24, 2.45) is 0 Å². The van der Waals surface area contributed by atoms with Crippen molar-refractivity contribution < 1.29 is 21.6 Å². The molecule has 1 N–H and O–H groups in total. The number of furan rings is 1. The molecule has 2 aromatic carbocycles. The molecule has 7 heteroatoms. The van der Waals surface area contributed by atoms with E-state index in [2.05, 4.69) is 4.72 Å². The monoisotopic (exact) mass is 337 g/mol. The van der Waals surface area contributed by atoms with E-state index in [-0.39, 0.29) is 4.90 Å². The molecular weight excluding hydrogens is 324 g/mol. The lowest BCUT2D eigenvalue weighted by atomic mass is 10.2. The summed E-state index contributed by atoms with van der Waals surface area (Å²) in [5, 5.41) is 0.848. The van der Waals surface area contributed by atoms with Crippen molar-refractivity contribution in [3.8, 4) is 0 Å². The molecule has 1 heterocycles. The quantitative estimate of drug-likeness (QED) is 0.789. The van der Waals surface area contributed by atoms with Crippen LogP contribution in [-0.4, -0.2) is 8.42 Å². The molecule has 0 saturated heterocycles. The normalized spacial score (nSPS) is 13.3. The smallest absolute Gasteiger partial charge is 0.241 e. The van der Waals surface area contributed by atoms with E-state index in [0.717, 1.165) is 17.5 Å². The van der Waals surface area contributed by atoms with Crippen LogP contribution in [-0.2, 0) is 10.0 Å². The highest BCUT2D eigenvalue weighted by atomic mass is 32.2. The Labute approximate surface area is 131 Å². The Balaban J connectivity index is 1.88. The largest absolute Gasteiger partial charge is 0.459 e. The maximum atomic E-state index is 13.2. The molecule has 0 amide bonds. The highest BCUT2D eigenvalue weighted by Crippen LogP contribution is 2.25. The third-order valence-electron chi connectivity index (χ3n) is 3.40. The van der Waals surface area contributed by atoms with Gasteiger partial charge in [-0.1, -0.05) is 18.2 Å². The lowest BCUT2D eigenvalue weighted by Crippen LogP contribution is -2.26. The molecule has 0 aliphatic rings. The standard InChI is InChI=1S/C16H13F2NO3S/c1-10(16-8-11-4-2-3-5-15(11)22-16)19-23(20,21)12-6-7-13(17)14(18)9-12/h2-10,19H,1H3/t10-/m0/s1. The summed E-state index contributed by atoms with van der Waals surface area (Å²) in [6.07, 6.45) is 0. The molecule has 0 radical (unpaired) electrons. The van der Waals surface area contributed by atoms with Gasteiger partial charge in [-0.05, 0) is 37.3 Å². The van der Waals surface area contributed by atoms with Crippen LogP contribution in [0, 0.1) is 11.6 Å². The summed E-state index contributed by atoms with van der Waals surface area (Å²) in [5.74, 6) is -1.89. The molecule has 0 aliphatic carbocycles. The van der Waals surface area contributed by atoms with E-state index in [0.29, 0.717) is 17.4 Å². The van der Waals surface area contributed by atoms with Crippen molar-refractivity contribution in [2.45, 2.75) is 17.9 Å². The number of rotatable bonds is 4. The van der Waals surface area contributed by atoms with Gasteiger partial charge in [0.15, 0.2) is 11.6 Å². The summed E-state index contributed by atoms with van der Waals surface area (Å²) in [6, 6.07) is 10.8. The Hall–Kier alpha value is -2.25. The molecule has 120 valence electrons. The second-order valence-corrected chi connectivity index (χ2v) is 6.82. The van der Waals surface area contributed by atoms with E-state index < -0.39 is 27.7 Å². The third-order valence-corrected chi connectivity index (χ3v) is 4.94. The van der Waals surface area contributed by atoms with Gasteiger partial charge in [0.1, 0.15) is 11.3 Å². The predicted molar refractivity (Wildman–Crippen MR) is 81.3 cm³/mol. The predicted octanol–water partition coefficient (Wildman–Crippen LogP) is 3.75. The fourth-order valence-corrected chi connectivity index (χ4v) is 3.44. The number of para-hydroxylation sites is 1. The van der Waals surface area contributed by atoms with Crippen LogP contribution in [0.5, 0.6) is 0 Å². The minimum absolute atomic E-state index is 0.348. The van der Waals surface area contributed by atoms with Crippen LogP contribution in [0.2, 0.25) is 0 Å². The Morgan fingerprint density at radius 2 is 1.78 bits per heavy atom. The van der Waals surface area contributed by atoms with Crippen molar-refractivity contribution in [1.29, 1.82) is 0 Å². The maximum Gasteiger partial charge on any atom is 0.241 e. The molecule has 1 aromatic heterocycles. The topological polar surface area (TPSA) is 59.3 Å². The first-order valence-corrected chi connectivity index (χ1v) is 8.31. The fraction of sp³-hybridized carbons (Fsp3) is 0.125. The van der Waals surface area contributed by atoms with Crippen LogP contribution in [0.3, 0.4) is 0 Å². The van der Waals surface area contributed by atoms with Crippen LogP contribution in [0.25, 0.3) is 11.0 Å². The number of benzene rings is 2. The molecule has 0 bridgehead atoms. The number of sulfonamides is 1. The Kier molecular flexibility index (Phi) is 3.91. The van der Waals surface area contributed by atoms with Gasteiger partial charge in [0.2, 0.25) is 10.0 Å². The molecule has 1 atom stereocenters. The minimum Gasteiger partial charge on any atom is -0.459 e. The van der Waals surface area contributed by atoms with Gasteiger partial charge in [-0.3, -0.25) is 0 Å². The van der Waals surface area contributed by atoms with E-state index in [1.54, 1.807) is 19.1 Å². The molecule has 0 saturated carbocycles. The fourth-order valence-electron chi connectivity index (χ4n) is 2.22. The van der Waals surface area contributed by atoms with Crippen molar-refractivity contribution in [2.75, 3.05) is 0 Å². The molecule has 0 aliphatic heterocycles. The van der Waals surface area contributed by atoms with Gasteiger partial charge in [0, 0.05) is 5.39 Å². The highest BCUT2D eigenvalue weighted by molar-refractivity contribution is 7.89.